The Hall–Kier alpha value is -1.54. The molecule has 0 saturated heterocycles. The Morgan fingerprint density at radius 1 is 1.06 bits per heavy atom. The van der Waals surface area contributed by atoms with E-state index in [0.29, 0.717) is 11.8 Å². The van der Waals surface area contributed by atoms with Crippen LogP contribution >= 0.6 is 0 Å². The van der Waals surface area contributed by atoms with Crippen LogP contribution in [0.2, 0.25) is 0 Å². The predicted molar refractivity (Wildman–Crippen MR) is 77.9 cm³/mol. The zero-order chi connectivity index (χ0) is 13.0. The van der Waals surface area contributed by atoms with Gasteiger partial charge in [0, 0.05) is 30.1 Å². The molecular formula is C16H21NO. The molecule has 0 saturated carbocycles. The van der Waals surface area contributed by atoms with Gasteiger partial charge >= 0.3 is 0 Å². The van der Waals surface area contributed by atoms with Crippen molar-refractivity contribution in [1.82, 2.24) is 0 Å². The Labute approximate surface area is 109 Å². The molecule has 96 valence electrons. The van der Waals surface area contributed by atoms with Crippen molar-refractivity contribution in [2.24, 2.45) is 11.8 Å². The summed E-state index contributed by atoms with van der Waals surface area (Å²) in [5.74, 6) is 0.779. The Balaban J connectivity index is 2.17. The molecule has 18 heavy (non-hydrogen) atoms. The van der Waals surface area contributed by atoms with Gasteiger partial charge in [0.1, 0.15) is 0 Å². The van der Waals surface area contributed by atoms with Gasteiger partial charge in [-0.15, -0.1) is 0 Å². The highest BCUT2D eigenvalue weighted by Crippen LogP contribution is 2.23. The summed E-state index contributed by atoms with van der Waals surface area (Å²) >= 11 is 0. The van der Waals surface area contributed by atoms with Gasteiger partial charge in [-0.3, -0.25) is 0 Å². The Kier molecular flexibility index (Phi) is 4.21. The summed E-state index contributed by atoms with van der Waals surface area (Å²) in [5, 5.41) is 15.3. The first-order valence-corrected chi connectivity index (χ1v) is 6.55. The zero-order valence-electron chi connectivity index (χ0n) is 11.1. The number of fused-ring (bicyclic) bond motifs is 1. The van der Waals surface area contributed by atoms with E-state index in [1.54, 1.807) is 0 Å². The third-order valence-corrected chi connectivity index (χ3v) is 3.52. The van der Waals surface area contributed by atoms with Crippen LogP contribution in [0.25, 0.3) is 10.8 Å². The minimum Gasteiger partial charge on any atom is -0.396 e. The van der Waals surface area contributed by atoms with E-state index in [9.17, 15) is 5.11 Å². The van der Waals surface area contributed by atoms with Crippen LogP contribution in [0.3, 0.4) is 0 Å². The van der Waals surface area contributed by atoms with Gasteiger partial charge in [0.2, 0.25) is 0 Å². The smallest absolute Gasteiger partial charge is 0.0478 e. The molecule has 0 bridgehead atoms. The lowest BCUT2D eigenvalue weighted by Crippen LogP contribution is -2.23. The van der Waals surface area contributed by atoms with Crippen molar-refractivity contribution in [2.75, 3.05) is 18.5 Å². The van der Waals surface area contributed by atoms with Crippen molar-refractivity contribution in [2.45, 2.75) is 13.8 Å². The van der Waals surface area contributed by atoms with Crippen molar-refractivity contribution < 1.29 is 5.11 Å². The fourth-order valence-corrected chi connectivity index (χ4v) is 2.13. The number of benzene rings is 2. The van der Waals surface area contributed by atoms with E-state index in [0.717, 1.165) is 12.2 Å². The molecule has 0 radical (unpaired) electrons. The third-order valence-electron chi connectivity index (χ3n) is 3.52. The molecule has 0 aromatic heterocycles. The van der Waals surface area contributed by atoms with Crippen molar-refractivity contribution in [3.05, 3.63) is 42.5 Å². The highest BCUT2D eigenvalue weighted by Gasteiger charge is 2.12. The monoisotopic (exact) mass is 243 g/mol. The summed E-state index contributed by atoms with van der Waals surface area (Å²) in [6.45, 7) is 5.33. The average Bonchev–Trinajstić information content (AvgIpc) is 2.39. The van der Waals surface area contributed by atoms with Crippen LogP contribution in [-0.4, -0.2) is 18.3 Å². The second-order valence-electron chi connectivity index (χ2n) is 5.09. The molecule has 2 aromatic rings. The molecule has 0 aliphatic rings. The molecule has 0 aliphatic heterocycles. The second-order valence-corrected chi connectivity index (χ2v) is 5.09. The lowest BCUT2D eigenvalue weighted by Gasteiger charge is -2.20. The number of aliphatic hydroxyl groups excluding tert-OH is 1. The van der Waals surface area contributed by atoms with Crippen molar-refractivity contribution >= 4 is 16.5 Å². The number of rotatable bonds is 5. The topological polar surface area (TPSA) is 32.3 Å². The Morgan fingerprint density at radius 3 is 2.50 bits per heavy atom. The fraction of sp³-hybridized carbons (Fsp3) is 0.375. The van der Waals surface area contributed by atoms with Gasteiger partial charge in [-0.25, -0.2) is 0 Å². The maximum atomic E-state index is 9.35. The van der Waals surface area contributed by atoms with Crippen LogP contribution in [0, 0.1) is 11.8 Å². The number of hydrogen-bond donors (Lipinski definition) is 2. The Morgan fingerprint density at radius 2 is 1.78 bits per heavy atom. The first-order valence-electron chi connectivity index (χ1n) is 6.55. The molecule has 1 unspecified atom stereocenters. The van der Waals surface area contributed by atoms with Gasteiger partial charge in [-0.2, -0.15) is 0 Å². The highest BCUT2D eigenvalue weighted by atomic mass is 16.3. The van der Waals surface area contributed by atoms with Crippen LogP contribution in [-0.2, 0) is 0 Å². The van der Waals surface area contributed by atoms with Gasteiger partial charge in [-0.05, 0) is 17.4 Å². The molecule has 0 fully saturated rings. The van der Waals surface area contributed by atoms with Gasteiger partial charge in [-0.1, -0.05) is 50.2 Å². The predicted octanol–water partition coefficient (Wildman–Crippen LogP) is 3.52. The molecule has 0 aliphatic carbocycles. The maximum absolute atomic E-state index is 9.35. The van der Waals surface area contributed by atoms with E-state index < -0.39 is 0 Å². The van der Waals surface area contributed by atoms with E-state index in [1.807, 2.05) is 0 Å². The summed E-state index contributed by atoms with van der Waals surface area (Å²) in [6.07, 6.45) is 0. The summed E-state index contributed by atoms with van der Waals surface area (Å²) < 4.78 is 0. The third kappa shape index (κ3) is 2.82. The van der Waals surface area contributed by atoms with E-state index in [-0.39, 0.29) is 6.61 Å². The molecule has 0 amide bonds. The lowest BCUT2D eigenvalue weighted by atomic mass is 9.96. The molecule has 2 heteroatoms. The fourth-order valence-electron chi connectivity index (χ4n) is 2.13. The standard InChI is InChI=1S/C16H21NO/c1-12(2)14(11-18)10-17-16-9-5-7-13-6-3-4-8-15(13)16/h3-9,12,14,17-18H,10-11H2,1-2H3. The molecule has 2 N–H and O–H groups in total. The van der Waals surface area contributed by atoms with Crippen LogP contribution in [0.1, 0.15) is 13.8 Å². The summed E-state index contributed by atoms with van der Waals surface area (Å²) in [6, 6.07) is 14.6. The number of aliphatic hydroxyl groups is 1. The summed E-state index contributed by atoms with van der Waals surface area (Å²) in [5.41, 5.74) is 1.15. The quantitative estimate of drug-likeness (QED) is 0.842. The van der Waals surface area contributed by atoms with Gasteiger partial charge in [0.15, 0.2) is 0 Å². The van der Waals surface area contributed by atoms with Gasteiger partial charge in [0.25, 0.3) is 0 Å². The molecule has 0 heterocycles. The SMILES string of the molecule is CC(C)C(CO)CNc1cccc2ccccc12. The molecule has 0 spiro atoms. The first kappa shape index (κ1) is 12.9. The van der Waals surface area contributed by atoms with Gasteiger partial charge in [0.05, 0.1) is 0 Å². The molecule has 2 aromatic carbocycles. The average molecular weight is 243 g/mol. The van der Waals surface area contributed by atoms with E-state index >= 15 is 0 Å². The maximum Gasteiger partial charge on any atom is 0.0478 e. The number of anilines is 1. The van der Waals surface area contributed by atoms with Crippen LogP contribution in [0.5, 0.6) is 0 Å². The van der Waals surface area contributed by atoms with Crippen LogP contribution < -0.4 is 5.32 Å². The first-order chi connectivity index (χ1) is 8.72. The van der Waals surface area contributed by atoms with Crippen LogP contribution in [0.15, 0.2) is 42.5 Å². The normalized spacial score (nSPS) is 12.9. The van der Waals surface area contributed by atoms with Crippen molar-refractivity contribution in [3.8, 4) is 0 Å². The molecule has 2 nitrogen and oxygen atoms in total. The van der Waals surface area contributed by atoms with E-state index in [1.165, 1.54) is 10.8 Å². The second kappa shape index (κ2) is 5.87. The summed E-state index contributed by atoms with van der Waals surface area (Å²) in [4.78, 5) is 0. The molecular weight excluding hydrogens is 222 g/mol. The minimum absolute atomic E-state index is 0.232. The number of nitrogens with one attached hydrogen (secondary N) is 1. The molecule has 2 rings (SSSR count). The zero-order valence-corrected chi connectivity index (χ0v) is 11.1. The van der Waals surface area contributed by atoms with E-state index in [2.05, 4.69) is 61.6 Å². The highest BCUT2D eigenvalue weighted by molar-refractivity contribution is 5.93. The van der Waals surface area contributed by atoms with Crippen molar-refractivity contribution in [3.63, 3.8) is 0 Å². The van der Waals surface area contributed by atoms with Crippen LogP contribution in [0.4, 0.5) is 5.69 Å². The largest absolute Gasteiger partial charge is 0.396 e. The number of hydrogen-bond acceptors (Lipinski definition) is 2. The summed E-state index contributed by atoms with van der Waals surface area (Å²) in [7, 11) is 0. The lowest BCUT2D eigenvalue weighted by molar-refractivity contribution is 0.198. The molecule has 1 atom stereocenters. The Bertz CT molecular complexity index is 502. The van der Waals surface area contributed by atoms with Crippen molar-refractivity contribution in [1.29, 1.82) is 0 Å². The minimum atomic E-state index is 0.232. The van der Waals surface area contributed by atoms with Gasteiger partial charge < -0.3 is 10.4 Å². The van der Waals surface area contributed by atoms with E-state index in [4.69, 9.17) is 0 Å².